The Bertz CT molecular complexity index is 176. The fourth-order valence-electron chi connectivity index (χ4n) is 1.95. The normalized spacial score (nSPS) is 32.8. The summed E-state index contributed by atoms with van der Waals surface area (Å²) in [6, 6.07) is 0.842. The molecule has 70 valence electrons. The number of carboxylic acid groups (broad SMARTS) is 1. The van der Waals surface area contributed by atoms with E-state index < -0.39 is 6.09 Å². The first-order valence-electron chi connectivity index (χ1n) is 3.99. The highest BCUT2D eigenvalue weighted by Crippen LogP contribution is 2.19. The summed E-state index contributed by atoms with van der Waals surface area (Å²) in [7, 11) is 0. The van der Waals surface area contributed by atoms with Crippen LogP contribution < -0.4 is 5.32 Å². The average molecular weight is 193 g/mol. The van der Waals surface area contributed by atoms with Gasteiger partial charge in [-0.25, -0.2) is 4.79 Å². The number of fused-ring (bicyclic) bond motifs is 2. The predicted octanol–water partition coefficient (Wildman–Crippen LogP) is 0.522. The molecule has 2 atom stereocenters. The molecule has 2 unspecified atom stereocenters. The number of hydrogen-bond acceptors (Lipinski definition) is 2. The zero-order valence-electron chi connectivity index (χ0n) is 6.69. The zero-order valence-corrected chi connectivity index (χ0v) is 7.51. The molecule has 2 N–H and O–H groups in total. The van der Waals surface area contributed by atoms with Gasteiger partial charge in [0.2, 0.25) is 0 Å². The first-order valence-corrected chi connectivity index (χ1v) is 3.99. The van der Waals surface area contributed by atoms with Gasteiger partial charge in [0.15, 0.2) is 0 Å². The summed E-state index contributed by atoms with van der Waals surface area (Å²) >= 11 is 0. The molecule has 2 fully saturated rings. The van der Waals surface area contributed by atoms with Crippen molar-refractivity contribution in [2.24, 2.45) is 0 Å². The molecule has 12 heavy (non-hydrogen) atoms. The summed E-state index contributed by atoms with van der Waals surface area (Å²) in [6.07, 6.45) is 1.49. The van der Waals surface area contributed by atoms with Gasteiger partial charge in [0.1, 0.15) is 0 Å². The van der Waals surface area contributed by atoms with E-state index in [4.69, 9.17) is 5.11 Å². The number of hydrogen-bond donors (Lipinski definition) is 2. The highest BCUT2D eigenvalue weighted by molar-refractivity contribution is 5.85. The van der Waals surface area contributed by atoms with Crippen LogP contribution in [0.4, 0.5) is 4.79 Å². The van der Waals surface area contributed by atoms with Gasteiger partial charge in [0.05, 0.1) is 0 Å². The Hall–Kier alpha value is -0.480. The van der Waals surface area contributed by atoms with Crippen LogP contribution in [0.2, 0.25) is 0 Å². The molecule has 4 nitrogen and oxygen atoms in total. The Balaban J connectivity index is 0.000000720. The SMILES string of the molecule is Cl.O=C(O)N1CC2CCC(C1)N2. The van der Waals surface area contributed by atoms with Gasteiger partial charge < -0.3 is 15.3 Å². The minimum Gasteiger partial charge on any atom is -0.465 e. The summed E-state index contributed by atoms with van der Waals surface area (Å²) in [6.45, 7) is 1.34. The molecule has 0 aromatic heterocycles. The average Bonchev–Trinajstić information content (AvgIpc) is 2.30. The number of amides is 1. The molecule has 2 aliphatic heterocycles. The smallest absolute Gasteiger partial charge is 0.407 e. The maximum absolute atomic E-state index is 10.6. The van der Waals surface area contributed by atoms with Crippen LogP contribution in [-0.4, -0.2) is 41.3 Å². The van der Waals surface area contributed by atoms with E-state index in [1.807, 2.05) is 0 Å². The molecule has 2 heterocycles. The lowest BCUT2D eigenvalue weighted by molar-refractivity contribution is 0.127. The van der Waals surface area contributed by atoms with Crippen molar-refractivity contribution in [3.63, 3.8) is 0 Å². The van der Waals surface area contributed by atoms with Crippen molar-refractivity contribution in [2.45, 2.75) is 24.9 Å². The number of carbonyl (C=O) groups is 1. The van der Waals surface area contributed by atoms with Crippen molar-refractivity contribution in [1.82, 2.24) is 10.2 Å². The lowest BCUT2D eigenvalue weighted by atomic mass is 10.2. The minimum absolute atomic E-state index is 0. The standard InChI is InChI=1S/C7H12N2O2.ClH/c10-7(11)9-3-5-1-2-6(4-9)8-5;/h5-6,8H,1-4H2,(H,10,11);1H. The largest absolute Gasteiger partial charge is 0.465 e. The van der Waals surface area contributed by atoms with Gasteiger partial charge in [0, 0.05) is 25.2 Å². The predicted molar refractivity (Wildman–Crippen MR) is 46.8 cm³/mol. The maximum atomic E-state index is 10.6. The summed E-state index contributed by atoms with van der Waals surface area (Å²) < 4.78 is 0. The van der Waals surface area contributed by atoms with Crippen molar-refractivity contribution >= 4 is 18.5 Å². The summed E-state index contributed by atoms with van der Waals surface area (Å²) in [5, 5.41) is 12.1. The van der Waals surface area contributed by atoms with Crippen molar-refractivity contribution in [3.05, 3.63) is 0 Å². The molecule has 0 saturated carbocycles. The number of halogens is 1. The summed E-state index contributed by atoms with van der Waals surface area (Å²) in [5.41, 5.74) is 0. The van der Waals surface area contributed by atoms with Crippen LogP contribution in [0.15, 0.2) is 0 Å². The second-order valence-corrected chi connectivity index (χ2v) is 3.33. The van der Waals surface area contributed by atoms with Gasteiger partial charge >= 0.3 is 6.09 Å². The van der Waals surface area contributed by atoms with E-state index in [1.165, 1.54) is 4.90 Å². The number of likely N-dealkylation sites (tertiary alicyclic amines) is 1. The lowest BCUT2D eigenvalue weighted by Crippen LogP contribution is -2.52. The quantitative estimate of drug-likeness (QED) is 0.589. The maximum Gasteiger partial charge on any atom is 0.407 e. The van der Waals surface area contributed by atoms with E-state index in [0.29, 0.717) is 25.2 Å². The second kappa shape index (κ2) is 3.49. The summed E-state index contributed by atoms with van der Waals surface area (Å²) in [5.74, 6) is 0. The van der Waals surface area contributed by atoms with Gasteiger partial charge in [0.25, 0.3) is 0 Å². The van der Waals surface area contributed by atoms with Crippen LogP contribution >= 0.6 is 12.4 Å². The second-order valence-electron chi connectivity index (χ2n) is 3.33. The number of nitrogens with one attached hydrogen (secondary N) is 1. The van der Waals surface area contributed by atoms with E-state index >= 15 is 0 Å². The van der Waals surface area contributed by atoms with Crippen LogP contribution in [0.25, 0.3) is 0 Å². The van der Waals surface area contributed by atoms with Gasteiger partial charge in [-0.1, -0.05) is 0 Å². The molecule has 0 aromatic rings. The van der Waals surface area contributed by atoms with E-state index in [0.717, 1.165) is 12.8 Å². The van der Waals surface area contributed by atoms with Crippen molar-refractivity contribution in [2.75, 3.05) is 13.1 Å². The van der Waals surface area contributed by atoms with E-state index in [1.54, 1.807) is 0 Å². The number of rotatable bonds is 0. The van der Waals surface area contributed by atoms with Crippen LogP contribution in [0.3, 0.4) is 0 Å². The molecule has 2 aliphatic rings. The van der Waals surface area contributed by atoms with E-state index in [2.05, 4.69) is 5.32 Å². The van der Waals surface area contributed by atoms with E-state index in [-0.39, 0.29) is 12.4 Å². The third-order valence-corrected chi connectivity index (χ3v) is 2.49. The lowest BCUT2D eigenvalue weighted by Gasteiger charge is -2.30. The molecule has 0 spiro atoms. The molecule has 2 rings (SSSR count). The molecule has 0 aromatic carbocycles. The highest BCUT2D eigenvalue weighted by Gasteiger charge is 2.33. The monoisotopic (exact) mass is 192 g/mol. The van der Waals surface area contributed by atoms with Crippen LogP contribution in [0, 0.1) is 0 Å². The highest BCUT2D eigenvalue weighted by atomic mass is 35.5. The Morgan fingerprint density at radius 2 is 1.83 bits per heavy atom. The van der Waals surface area contributed by atoms with Crippen molar-refractivity contribution in [3.8, 4) is 0 Å². The Morgan fingerprint density at radius 1 is 1.33 bits per heavy atom. The topological polar surface area (TPSA) is 52.6 Å². The fraction of sp³-hybridized carbons (Fsp3) is 0.857. The Labute approximate surface area is 77.3 Å². The third kappa shape index (κ3) is 1.64. The molecule has 5 heteroatoms. The van der Waals surface area contributed by atoms with E-state index in [9.17, 15) is 4.79 Å². The molecule has 1 amide bonds. The van der Waals surface area contributed by atoms with Gasteiger partial charge in [-0.3, -0.25) is 0 Å². The molecule has 0 radical (unpaired) electrons. The first kappa shape index (κ1) is 9.61. The number of piperazine rings is 1. The first-order chi connectivity index (χ1) is 5.25. The Morgan fingerprint density at radius 3 is 2.25 bits per heavy atom. The van der Waals surface area contributed by atoms with Gasteiger partial charge in [-0.2, -0.15) is 0 Å². The van der Waals surface area contributed by atoms with Gasteiger partial charge in [-0.15, -0.1) is 12.4 Å². The van der Waals surface area contributed by atoms with Gasteiger partial charge in [-0.05, 0) is 12.8 Å². The van der Waals surface area contributed by atoms with Crippen LogP contribution in [0.5, 0.6) is 0 Å². The summed E-state index contributed by atoms with van der Waals surface area (Å²) in [4.78, 5) is 12.1. The number of nitrogens with zero attached hydrogens (tertiary/aromatic N) is 1. The molecular weight excluding hydrogens is 180 g/mol. The fourth-order valence-corrected chi connectivity index (χ4v) is 1.95. The molecule has 0 aliphatic carbocycles. The minimum atomic E-state index is -0.775. The Kier molecular flexibility index (Phi) is 2.80. The third-order valence-electron chi connectivity index (χ3n) is 2.49. The molecule has 2 bridgehead atoms. The van der Waals surface area contributed by atoms with Crippen molar-refractivity contribution < 1.29 is 9.90 Å². The molecular formula is C7H13ClN2O2. The van der Waals surface area contributed by atoms with Crippen molar-refractivity contribution in [1.29, 1.82) is 0 Å². The van der Waals surface area contributed by atoms with Crippen LogP contribution in [0.1, 0.15) is 12.8 Å². The molecule has 2 saturated heterocycles. The van der Waals surface area contributed by atoms with Crippen LogP contribution in [-0.2, 0) is 0 Å². The zero-order chi connectivity index (χ0) is 7.84.